The van der Waals surface area contributed by atoms with Gasteiger partial charge in [-0.1, -0.05) is 32.6 Å². The monoisotopic (exact) mass is 474 g/mol. The Hall–Kier alpha value is -0.0900. The van der Waals surface area contributed by atoms with Crippen LogP contribution in [0.3, 0.4) is 0 Å². The van der Waals surface area contributed by atoms with Crippen molar-refractivity contribution in [2.24, 2.45) is 4.99 Å². The fraction of sp³-hybridized carbons (Fsp3) is 0.938. The van der Waals surface area contributed by atoms with E-state index < -0.39 is 10.0 Å². The molecule has 1 atom stereocenters. The molecule has 2 N–H and O–H groups in total. The van der Waals surface area contributed by atoms with Crippen LogP contribution in [0.2, 0.25) is 0 Å². The number of nitrogens with one attached hydrogen (secondary N) is 2. The van der Waals surface area contributed by atoms with Crippen LogP contribution in [0.5, 0.6) is 0 Å². The van der Waals surface area contributed by atoms with Crippen LogP contribution in [0.4, 0.5) is 0 Å². The van der Waals surface area contributed by atoms with Gasteiger partial charge in [0.25, 0.3) is 0 Å². The third-order valence-electron chi connectivity index (χ3n) is 4.04. The largest absolute Gasteiger partial charge is 0.357 e. The molecular weight excluding hydrogens is 439 g/mol. The fourth-order valence-electron chi connectivity index (χ4n) is 2.72. The Balaban J connectivity index is 0.00000529. The summed E-state index contributed by atoms with van der Waals surface area (Å²) in [6.45, 7) is 8.84. The number of rotatable bonds is 10. The van der Waals surface area contributed by atoms with Gasteiger partial charge >= 0.3 is 0 Å². The molecule has 1 fully saturated rings. The summed E-state index contributed by atoms with van der Waals surface area (Å²) in [5, 5.41) is 6.64. The SMILES string of the molecule is CCCCCCC(C)NC(=NCCN1CCCS1(=O)=O)NCC.I. The third kappa shape index (κ3) is 9.41. The Labute approximate surface area is 165 Å². The van der Waals surface area contributed by atoms with Gasteiger partial charge in [0.2, 0.25) is 10.0 Å². The summed E-state index contributed by atoms with van der Waals surface area (Å²) in [6, 6.07) is 0.375. The molecule has 0 radical (unpaired) electrons. The van der Waals surface area contributed by atoms with Gasteiger partial charge in [-0.15, -0.1) is 24.0 Å². The van der Waals surface area contributed by atoms with E-state index >= 15 is 0 Å². The quantitative estimate of drug-likeness (QED) is 0.221. The van der Waals surface area contributed by atoms with Crippen molar-refractivity contribution >= 4 is 40.0 Å². The Morgan fingerprint density at radius 1 is 1.25 bits per heavy atom. The van der Waals surface area contributed by atoms with E-state index in [1.54, 1.807) is 4.31 Å². The van der Waals surface area contributed by atoms with Crippen molar-refractivity contribution in [3.8, 4) is 0 Å². The van der Waals surface area contributed by atoms with E-state index in [9.17, 15) is 8.42 Å². The lowest BCUT2D eigenvalue weighted by molar-refractivity contribution is 0.451. The minimum absolute atomic E-state index is 0. The fourth-order valence-corrected chi connectivity index (χ4v) is 4.24. The molecule has 0 saturated carbocycles. The van der Waals surface area contributed by atoms with Gasteiger partial charge in [0.1, 0.15) is 0 Å². The summed E-state index contributed by atoms with van der Waals surface area (Å²) in [7, 11) is -3.01. The van der Waals surface area contributed by atoms with Gasteiger partial charge in [0, 0.05) is 25.7 Å². The minimum atomic E-state index is -3.01. The van der Waals surface area contributed by atoms with E-state index in [2.05, 4.69) is 29.5 Å². The molecule has 0 amide bonds. The molecule has 1 saturated heterocycles. The highest BCUT2D eigenvalue weighted by Gasteiger charge is 2.27. The van der Waals surface area contributed by atoms with E-state index in [4.69, 9.17) is 0 Å². The smallest absolute Gasteiger partial charge is 0.214 e. The Kier molecular flexibility index (Phi) is 13.1. The zero-order valence-corrected chi connectivity index (χ0v) is 18.5. The van der Waals surface area contributed by atoms with Gasteiger partial charge in [-0.3, -0.25) is 4.99 Å². The second-order valence-corrected chi connectivity index (χ2v) is 8.31. The van der Waals surface area contributed by atoms with Gasteiger partial charge in [-0.2, -0.15) is 0 Å². The Morgan fingerprint density at radius 2 is 2.00 bits per heavy atom. The molecule has 144 valence electrons. The van der Waals surface area contributed by atoms with Crippen LogP contribution in [-0.4, -0.2) is 56.7 Å². The van der Waals surface area contributed by atoms with Gasteiger partial charge in [0.15, 0.2) is 5.96 Å². The van der Waals surface area contributed by atoms with Crippen LogP contribution in [-0.2, 0) is 10.0 Å². The molecule has 6 nitrogen and oxygen atoms in total. The minimum Gasteiger partial charge on any atom is -0.357 e. The van der Waals surface area contributed by atoms with Gasteiger partial charge in [-0.05, 0) is 26.7 Å². The molecule has 1 aliphatic heterocycles. The zero-order chi connectivity index (χ0) is 17.1. The normalized spacial score (nSPS) is 18.9. The zero-order valence-electron chi connectivity index (χ0n) is 15.4. The van der Waals surface area contributed by atoms with Gasteiger partial charge < -0.3 is 10.6 Å². The molecule has 1 aliphatic rings. The molecule has 0 spiro atoms. The number of hydrogen-bond acceptors (Lipinski definition) is 3. The van der Waals surface area contributed by atoms with Gasteiger partial charge in [-0.25, -0.2) is 12.7 Å². The van der Waals surface area contributed by atoms with Crippen molar-refractivity contribution in [1.29, 1.82) is 0 Å². The number of hydrogen-bond donors (Lipinski definition) is 2. The van der Waals surface area contributed by atoms with E-state index in [0.29, 0.717) is 25.7 Å². The molecule has 0 bridgehead atoms. The van der Waals surface area contributed by atoms with Crippen molar-refractivity contribution in [1.82, 2.24) is 14.9 Å². The van der Waals surface area contributed by atoms with Crippen LogP contribution in [0.15, 0.2) is 4.99 Å². The number of halogens is 1. The van der Waals surface area contributed by atoms with Crippen molar-refractivity contribution in [3.63, 3.8) is 0 Å². The highest BCUT2D eigenvalue weighted by atomic mass is 127. The lowest BCUT2D eigenvalue weighted by Gasteiger charge is -2.18. The van der Waals surface area contributed by atoms with Crippen molar-refractivity contribution in [3.05, 3.63) is 0 Å². The standard InChI is InChI=1S/C16H34N4O2S.HI/c1-4-6-7-8-10-15(3)19-16(17-5-2)18-11-13-20-12-9-14-23(20,21)22;/h15H,4-14H2,1-3H3,(H2,17,18,19);1H. The molecule has 0 aromatic carbocycles. The van der Waals surface area contributed by atoms with Crippen LogP contribution in [0.1, 0.15) is 59.3 Å². The highest BCUT2D eigenvalue weighted by molar-refractivity contribution is 14.0. The molecule has 0 aromatic rings. The Bertz CT molecular complexity index is 457. The summed E-state index contributed by atoms with van der Waals surface area (Å²) in [4.78, 5) is 4.52. The molecule has 0 aromatic heterocycles. The number of unbranched alkanes of at least 4 members (excludes halogenated alkanes) is 3. The van der Waals surface area contributed by atoms with Crippen LogP contribution >= 0.6 is 24.0 Å². The van der Waals surface area contributed by atoms with Crippen molar-refractivity contribution in [2.75, 3.05) is 31.9 Å². The molecule has 1 heterocycles. The van der Waals surface area contributed by atoms with Crippen LogP contribution in [0, 0.1) is 0 Å². The first-order chi connectivity index (χ1) is 11.0. The highest BCUT2D eigenvalue weighted by Crippen LogP contribution is 2.12. The van der Waals surface area contributed by atoms with Crippen molar-refractivity contribution in [2.45, 2.75) is 65.3 Å². The first-order valence-electron chi connectivity index (χ1n) is 9.02. The number of aliphatic imine (C=N–C) groups is 1. The molecule has 1 unspecified atom stereocenters. The maximum atomic E-state index is 11.8. The molecule has 0 aliphatic carbocycles. The molecule has 1 rings (SSSR count). The lowest BCUT2D eigenvalue weighted by Crippen LogP contribution is -2.42. The summed E-state index contributed by atoms with van der Waals surface area (Å²) in [5.41, 5.74) is 0. The number of sulfonamides is 1. The second-order valence-electron chi connectivity index (χ2n) is 6.22. The first-order valence-corrected chi connectivity index (χ1v) is 10.6. The second kappa shape index (κ2) is 13.2. The predicted octanol–water partition coefficient (Wildman–Crippen LogP) is 2.55. The Morgan fingerprint density at radius 3 is 2.58 bits per heavy atom. The average Bonchev–Trinajstić information content (AvgIpc) is 2.83. The van der Waals surface area contributed by atoms with E-state index in [1.807, 2.05) is 6.92 Å². The number of nitrogens with zero attached hydrogens (tertiary/aromatic N) is 2. The topological polar surface area (TPSA) is 73.8 Å². The third-order valence-corrected chi connectivity index (χ3v) is 6.00. The molecule has 8 heteroatoms. The summed E-state index contributed by atoms with van der Waals surface area (Å²) in [5.74, 6) is 1.07. The molecule has 24 heavy (non-hydrogen) atoms. The van der Waals surface area contributed by atoms with Gasteiger partial charge in [0.05, 0.1) is 12.3 Å². The lowest BCUT2D eigenvalue weighted by atomic mass is 10.1. The van der Waals surface area contributed by atoms with Crippen molar-refractivity contribution < 1.29 is 8.42 Å². The maximum absolute atomic E-state index is 11.8. The number of guanidine groups is 1. The summed E-state index contributed by atoms with van der Waals surface area (Å²) < 4.78 is 25.1. The van der Waals surface area contributed by atoms with E-state index in [1.165, 1.54) is 25.7 Å². The van der Waals surface area contributed by atoms with Crippen LogP contribution in [0.25, 0.3) is 0 Å². The first kappa shape index (κ1) is 23.9. The summed E-state index contributed by atoms with van der Waals surface area (Å²) in [6.07, 6.45) is 6.93. The summed E-state index contributed by atoms with van der Waals surface area (Å²) >= 11 is 0. The van der Waals surface area contributed by atoms with E-state index in [0.717, 1.165) is 25.3 Å². The predicted molar refractivity (Wildman–Crippen MR) is 113 cm³/mol. The van der Waals surface area contributed by atoms with E-state index in [-0.39, 0.29) is 29.7 Å². The maximum Gasteiger partial charge on any atom is 0.214 e. The molecular formula is C16H35IN4O2S. The average molecular weight is 474 g/mol. The van der Waals surface area contributed by atoms with Crippen LogP contribution < -0.4 is 10.6 Å².